The molecule has 0 bridgehead atoms. The molecule has 0 heterocycles. The van der Waals surface area contributed by atoms with Crippen molar-refractivity contribution in [3.63, 3.8) is 0 Å². The highest BCUT2D eigenvalue weighted by atomic mass is 35.5. The van der Waals surface area contributed by atoms with Gasteiger partial charge in [0.05, 0.1) is 5.69 Å². The van der Waals surface area contributed by atoms with Crippen molar-refractivity contribution >= 4 is 29.3 Å². The van der Waals surface area contributed by atoms with Crippen LogP contribution in [0.2, 0.25) is 5.02 Å². The van der Waals surface area contributed by atoms with E-state index in [9.17, 15) is 14.0 Å². The number of benzene rings is 1. The second-order valence-corrected chi connectivity index (χ2v) is 4.63. The summed E-state index contributed by atoms with van der Waals surface area (Å²) in [6.07, 6.45) is 0.188. The zero-order valence-electron chi connectivity index (χ0n) is 10.5. The van der Waals surface area contributed by atoms with Gasteiger partial charge in [-0.25, -0.2) is 14.0 Å². The number of aliphatic carboxylic acids is 1. The highest BCUT2D eigenvalue weighted by Crippen LogP contribution is 2.19. The molecule has 1 aromatic carbocycles. The van der Waals surface area contributed by atoms with Gasteiger partial charge in [-0.05, 0) is 31.5 Å². The molecule has 19 heavy (non-hydrogen) atoms. The van der Waals surface area contributed by atoms with Crippen LogP contribution in [0.1, 0.15) is 20.3 Å². The van der Waals surface area contributed by atoms with E-state index in [1.54, 1.807) is 6.92 Å². The number of carbonyl (C=O) groups excluding carboxylic acids is 1. The molecule has 3 N–H and O–H groups in total. The number of halogens is 2. The van der Waals surface area contributed by atoms with Crippen LogP contribution in [0.15, 0.2) is 18.2 Å². The maximum absolute atomic E-state index is 13.4. The number of hydrogen-bond acceptors (Lipinski definition) is 2. The van der Waals surface area contributed by atoms with Crippen molar-refractivity contribution in [3.05, 3.63) is 29.0 Å². The van der Waals surface area contributed by atoms with E-state index in [0.717, 1.165) is 6.07 Å². The highest BCUT2D eigenvalue weighted by Gasteiger charge is 2.32. The van der Waals surface area contributed by atoms with E-state index < -0.39 is 23.4 Å². The lowest BCUT2D eigenvalue weighted by Crippen LogP contribution is -2.53. The standard InChI is InChI=1S/C12H14ClFN2O3/c1-3-12(2,10(17)18)16-11(19)15-9-6-7(13)4-5-8(9)14/h4-6H,3H2,1-2H3,(H,17,18)(H2,15,16,19). The van der Waals surface area contributed by atoms with Crippen LogP contribution in [0.25, 0.3) is 0 Å². The fourth-order valence-corrected chi connectivity index (χ4v) is 1.46. The first kappa shape index (κ1) is 15.2. The molecule has 1 aromatic rings. The average Bonchev–Trinajstić information content (AvgIpc) is 2.33. The zero-order chi connectivity index (χ0) is 14.6. The van der Waals surface area contributed by atoms with Crippen molar-refractivity contribution in [2.75, 3.05) is 5.32 Å². The number of carboxylic acids is 1. The number of amides is 2. The quantitative estimate of drug-likeness (QED) is 0.797. The van der Waals surface area contributed by atoms with Crippen molar-refractivity contribution in [2.45, 2.75) is 25.8 Å². The molecule has 1 rings (SSSR count). The van der Waals surface area contributed by atoms with Gasteiger partial charge < -0.3 is 15.7 Å². The van der Waals surface area contributed by atoms with Crippen molar-refractivity contribution < 1.29 is 19.1 Å². The normalized spacial score (nSPS) is 13.5. The fourth-order valence-electron chi connectivity index (χ4n) is 1.29. The summed E-state index contributed by atoms with van der Waals surface area (Å²) >= 11 is 5.68. The van der Waals surface area contributed by atoms with E-state index >= 15 is 0 Å². The first-order valence-electron chi connectivity index (χ1n) is 5.56. The van der Waals surface area contributed by atoms with E-state index in [-0.39, 0.29) is 17.1 Å². The van der Waals surface area contributed by atoms with Crippen LogP contribution in [0.5, 0.6) is 0 Å². The van der Waals surface area contributed by atoms with Gasteiger partial charge in [0.15, 0.2) is 0 Å². The molecule has 0 saturated heterocycles. The zero-order valence-corrected chi connectivity index (χ0v) is 11.2. The predicted molar refractivity (Wildman–Crippen MR) is 69.9 cm³/mol. The fraction of sp³-hybridized carbons (Fsp3) is 0.333. The van der Waals surface area contributed by atoms with E-state index in [4.69, 9.17) is 16.7 Å². The molecule has 0 aliphatic carbocycles. The van der Waals surface area contributed by atoms with Crippen molar-refractivity contribution in [3.8, 4) is 0 Å². The second-order valence-electron chi connectivity index (χ2n) is 4.19. The lowest BCUT2D eigenvalue weighted by atomic mass is 10.00. The summed E-state index contributed by atoms with van der Waals surface area (Å²) in [5.74, 6) is -1.83. The molecular weight excluding hydrogens is 275 g/mol. The molecule has 0 aliphatic rings. The van der Waals surface area contributed by atoms with Gasteiger partial charge in [-0.2, -0.15) is 0 Å². The number of urea groups is 1. The molecule has 104 valence electrons. The molecule has 0 saturated carbocycles. The van der Waals surface area contributed by atoms with Crippen LogP contribution in [-0.4, -0.2) is 22.6 Å². The number of nitrogens with one attached hydrogen (secondary N) is 2. The van der Waals surface area contributed by atoms with Crippen LogP contribution >= 0.6 is 11.6 Å². The van der Waals surface area contributed by atoms with E-state index in [1.165, 1.54) is 19.1 Å². The monoisotopic (exact) mass is 288 g/mol. The van der Waals surface area contributed by atoms with Gasteiger partial charge in [-0.3, -0.25) is 0 Å². The topological polar surface area (TPSA) is 78.4 Å². The number of rotatable bonds is 4. The third kappa shape index (κ3) is 3.82. The molecule has 5 nitrogen and oxygen atoms in total. The number of carbonyl (C=O) groups is 2. The molecule has 1 unspecified atom stereocenters. The van der Waals surface area contributed by atoms with Gasteiger partial charge in [-0.1, -0.05) is 18.5 Å². The molecule has 0 fully saturated rings. The Hall–Kier alpha value is -1.82. The Balaban J connectivity index is 2.80. The smallest absolute Gasteiger partial charge is 0.329 e. The minimum absolute atomic E-state index is 0.117. The van der Waals surface area contributed by atoms with E-state index in [2.05, 4.69) is 10.6 Å². The molecule has 0 aliphatic heterocycles. The Morgan fingerprint density at radius 3 is 2.63 bits per heavy atom. The van der Waals surface area contributed by atoms with Crippen LogP contribution < -0.4 is 10.6 Å². The molecule has 0 aromatic heterocycles. The minimum Gasteiger partial charge on any atom is -0.480 e. The summed E-state index contributed by atoms with van der Waals surface area (Å²) < 4.78 is 13.4. The van der Waals surface area contributed by atoms with Crippen molar-refractivity contribution in [1.82, 2.24) is 5.32 Å². The van der Waals surface area contributed by atoms with Crippen LogP contribution in [0.3, 0.4) is 0 Å². The maximum Gasteiger partial charge on any atom is 0.329 e. The Labute approximate surface area is 114 Å². The third-order valence-electron chi connectivity index (χ3n) is 2.75. The molecule has 0 spiro atoms. The molecule has 2 amide bonds. The summed E-state index contributed by atoms with van der Waals surface area (Å²) in [4.78, 5) is 22.7. The largest absolute Gasteiger partial charge is 0.480 e. The van der Waals surface area contributed by atoms with Crippen molar-refractivity contribution in [1.29, 1.82) is 0 Å². The number of carboxylic acid groups (broad SMARTS) is 1. The van der Waals surface area contributed by atoms with E-state index in [0.29, 0.717) is 0 Å². The van der Waals surface area contributed by atoms with Crippen LogP contribution in [0, 0.1) is 5.82 Å². The predicted octanol–water partition coefficient (Wildman–Crippen LogP) is 2.85. The summed E-state index contributed by atoms with van der Waals surface area (Å²) in [5, 5.41) is 13.8. The van der Waals surface area contributed by atoms with Crippen molar-refractivity contribution in [2.24, 2.45) is 0 Å². The summed E-state index contributed by atoms with van der Waals surface area (Å²) in [6, 6.07) is 2.87. The summed E-state index contributed by atoms with van der Waals surface area (Å²) in [7, 11) is 0. The van der Waals surface area contributed by atoms with Gasteiger partial charge in [0.25, 0.3) is 0 Å². The molecule has 0 radical (unpaired) electrons. The Kier molecular flexibility index (Phi) is 4.72. The number of anilines is 1. The number of hydrogen-bond donors (Lipinski definition) is 3. The first-order chi connectivity index (χ1) is 8.78. The Morgan fingerprint density at radius 2 is 2.11 bits per heavy atom. The highest BCUT2D eigenvalue weighted by molar-refractivity contribution is 6.30. The van der Waals surface area contributed by atoms with Crippen LogP contribution in [-0.2, 0) is 4.79 Å². The first-order valence-corrected chi connectivity index (χ1v) is 5.94. The van der Waals surface area contributed by atoms with Gasteiger partial charge in [-0.15, -0.1) is 0 Å². The molecule has 1 atom stereocenters. The van der Waals surface area contributed by atoms with Gasteiger partial charge in [0, 0.05) is 5.02 Å². The Morgan fingerprint density at radius 1 is 1.47 bits per heavy atom. The summed E-state index contributed by atoms with van der Waals surface area (Å²) in [6.45, 7) is 2.98. The summed E-state index contributed by atoms with van der Waals surface area (Å²) in [5.41, 5.74) is -1.53. The van der Waals surface area contributed by atoms with Gasteiger partial charge in [0.2, 0.25) is 0 Å². The second kappa shape index (κ2) is 5.88. The lowest BCUT2D eigenvalue weighted by molar-refractivity contribution is -0.143. The maximum atomic E-state index is 13.4. The van der Waals surface area contributed by atoms with Gasteiger partial charge in [0.1, 0.15) is 11.4 Å². The molecule has 7 heteroatoms. The lowest BCUT2D eigenvalue weighted by Gasteiger charge is -2.24. The minimum atomic E-state index is -1.42. The Bertz CT molecular complexity index is 510. The molecular formula is C12H14ClFN2O3. The third-order valence-corrected chi connectivity index (χ3v) is 2.98. The van der Waals surface area contributed by atoms with E-state index in [1.807, 2.05) is 0 Å². The van der Waals surface area contributed by atoms with Crippen LogP contribution in [0.4, 0.5) is 14.9 Å². The SMILES string of the molecule is CCC(C)(NC(=O)Nc1cc(Cl)ccc1F)C(=O)O. The van der Waals surface area contributed by atoms with Gasteiger partial charge >= 0.3 is 12.0 Å². The average molecular weight is 289 g/mol.